The van der Waals surface area contributed by atoms with E-state index in [-0.39, 0.29) is 12.0 Å². The van der Waals surface area contributed by atoms with Crippen LogP contribution in [0.15, 0.2) is 54.7 Å². The van der Waals surface area contributed by atoms with Gasteiger partial charge in [-0.2, -0.15) is 5.26 Å². The summed E-state index contributed by atoms with van der Waals surface area (Å²) in [4.78, 5) is 28.5. The fourth-order valence-electron chi connectivity index (χ4n) is 6.11. The summed E-state index contributed by atoms with van der Waals surface area (Å²) in [6, 6.07) is 18.1. The summed E-state index contributed by atoms with van der Waals surface area (Å²) in [6.07, 6.45) is 4.26. The molecule has 2 aromatic carbocycles. The molecule has 3 aromatic rings. The molecule has 2 saturated heterocycles. The van der Waals surface area contributed by atoms with Crippen LogP contribution in [0.25, 0.3) is 0 Å². The second-order valence-electron chi connectivity index (χ2n) is 13.0. The standard InChI is InChI=1S/C35H43ClN6O3/c1-25(19-26-20-27(23-37)22-28(36)21-26)31-7-5-6-8-32(31)44-24-29-9-12-38-33(39-29)41-17-15-40(16-18-41)30-10-13-42(14-11-30)34(43)45-35(2,3)4/h5-9,12,20-22,25,30H,10-11,13-19,24H2,1-4H3. The maximum absolute atomic E-state index is 12.4. The van der Waals surface area contributed by atoms with Crippen molar-refractivity contribution < 1.29 is 14.3 Å². The number of nitrogens with zero attached hydrogens (tertiary/aromatic N) is 6. The molecule has 1 atom stereocenters. The predicted octanol–water partition coefficient (Wildman–Crippen LogP) is 6.45. The third-order valence-corrected chi connectivity index (χ3v) is 8.60. The van der Waals surface area contributed by atoms with E-state index in [1.165, 1.54) is 0 Å². The molecule has 2 aliphatic rings. The molecule has 0 spiro atoms. The van der Waals surface area contributed by atoms with Crippen LogP contribution < -0.4 is 9.64 Å². The van der Waals surface area contributed by atoms with Crippen LogP contribution in [0.4, 0.5) is 10.7 Å². The number of rotatable bonds is 8. The second kappa shape index (κ2) is 14.5. The van der Waals surface area contributed by atoms with Gasteiger partial charge < -0.3 is 19.3 Å². The maximum atomic E-state index is 12.4. The number of carbonyl (C=O) groups excluding carboxylic acids is 1. The molecular formula is C35H43ClN6O3. The highest BCUT2D eigenvalue weighted by molar-refractivity contribution is 6.30. The lowest BCUT2D eigenvalue weighted by molar-refractivity contribution is 0.0139. The van der Waals surface area contributed by atoms with Crippen molar-refractivity contribution in [1.82, 2.24) is 19.8 Å². The van der Waals surface area contributed by atoms with Crippen molar-refractivity contribution >= 4 is 23.6 Å². The Labute approximate surface area is 271 Å². The van der Waals surface area contributed by atoms with Crippen LogP contribution in [-0.4, -0.2) is 76.8 Å². The van der Waals surface area contributed by atoms with Gasteiger partial charge in [0.05, 0.1) is 17.3 Å². The molecule has 0 aliphatic carbocycles. The van der Waals surface area contributed by atoms with Gasteiger partial charge >= 0.3 is 6.09 Å². The number of para-hydroxylation sites is 1. The molecule has 0 N–H and O–H groups in total. The Hall–Kier alpha value is -3.87. The van der Waals surface area contributed by atoms with Gasteiger partial charge in [0.2, 0.25) is 5.95 Å². The Balaban J connectivity index is 1.13. The van der Waals surface area contributed by atoms with E-state index in [2.05, 4.69) is 33.8 Å². The minimum Gasteiger partial charge on any atom is -0.487 e. The van der Waals surface area contributed by atoms with Crippen molar-refractivity contribution in [3.8, 4) is 11.8 Å². The van der Waals surface area contributed by atoms with Crippen LogP contribution in [-0.2, 0) is 17.8 Å². The zero-order valence-electron chi connectivity index (χ0n) is 26.7. The zero-order valence-corrected chi connectivity index (χ0v) is 27.5. The number of aromatic nitrogens is 2. The monoisotopic (exact) mass is 630 g/mol. The van der Waals surface area contributed by atoms with Crippen molar-refractivity contribution in [3.05, 3.63) is 82.1 Å². The van der Waals surface area contributed by atoms with Crippen LogP contribution in [0.2, 0.25) is 5.02 Å². The number of likely N-dealkylation sites (tertiary alicyclic amines) is 1. The second-order valence-corrected chi connectivity index (χ2v) is 13.4. The number of hydrogen-bond acceptors (Lipinski definition) is 8. The van der Waals surface area contributed by atoms with E-state index >= 15 is 0 Å². The smallest absolute Gasteiger partial charge is 0.410 e. The number of halogens is 1. The number of hydrogen-bond donors (Lipinski definition) is 0. The molecule has 2 aliphatic heterocycles. The normalized spacial score (nSPS) is 17.1. The topological polar surface area (TPSA) is 94.8 Å². The number of nitriles is 1. The van der Waals surface area contributed by atoms with Crippen LogP contribution >= 0.6 is 11.6 Å². The lowest BCUT2D eigenvalue weighted by Crippen LogP contribution is -2.54. The van der Waals surface area contributed by atoms with E-state index in [0.717, 1.165) is 87.0 Å². The highest BCUT2D eigenvalue weighted by Crippen LogP contribution is 2.31. The van der Waals surface area contributed by atoms with Crippen LogP contribution in [0, 0.1) is 11.3 Å². The lowest BCUT2D eigenvalue weighted by Gasteiger charge is -2.42. The molecule has 3 heterocycles. The van der Waals surface area contributed by atoms with E-state index < -0.39 is 5.60 Å². The molecule has 10 heteroatoms. The van der Waals surface area contributed by atoms with Gasteiger partial charge in [0, 0.05) is 56.5 Å². The third kappa shape index (κ3) is 8.86. The first-order valence-corrected chi connectivity index (χ1v) is 16.2. The van der Waals surface area contributed by atoms with E-state index in [1.54, 1.807) is 12.3 Å². The number of piperazine rings is 1. The number of benzene rings is 2. The fraction of sp³-hybridized carbons (Fsp3) is 0.486. The Morgan fingerprint density at radius 1 is 1.07 bits per heavy atom. The van der Waals surface area contributed by atoms with Gasteiger partial charge in [-0.05, 0) is 87.4 Å². The Morgan fingerprint density at radius 2 is 1.80 bits per heavy atom. The SMILES string of the molecule is CC(Cc1cc(Cl)cc(C#N)c1)c1ccccc1OCc1ccnc(N2CCN(C3CCN(C(=O)OC(C)(C)C)CC3)CC2)n1. The molecule has 1 unspecified atom stereocenters. The summed E-state index contributed by atoms with van der Waals surface area (Å²) in [5, 5.41) is 9.89. The Kier molecular flexibility index (Phi) is 10.5. The number of piperidine rings is 1. The Bertz CT molecular complexity index is 1500. The molecule has 2 fully saturated rings. The van der Waals surface area contributed by atoms with E-state index in [9.17, 15) is 10.1 Å². The lowest BCUT2D eigenvalue weighted by atomic mass is 9.92. The summed E-state index contributed by atoms with van der Waals surface area (Å²) < 4.78 is 11.9. The minimum atomic E-state index is -0.470. The van der Waals surface area contributed by atoms with E-state index in [1.807, 2.05) is 62.1 Å². The van der Waals surface area contributed by atoms with E-state index in [0.29, 0.717) is 23.2 Å². The van der Waals surface area contributed by atoms with Gasteiger partial charge in [-0.1, -0.05) is 36.7 Å². The van der Waals surface area contributed by atoms with Crippen LogP contribution in [0.3, 0.4) is 0 Å². The first-order valence-electron chi connectivity index (χ1n) is 15.8. The van der Waals surface area contributed by atoms with Gasteiger partial charge in [0.25, 0.3) is 0 Å². The van der Waals surface area contributed by atoms with Crippen molar-refractivity contribution in [2.24, 2.45) is 0 Å². The fourth-order valence-corrected chi connectivity index (χ4v) is 6.37. The largest absolute Gasteiger partial charge is 0.487 e. The van der Waals surface area contributed by atoms with Crippen molar-refractivity contribution in [3.63, 3.8) is 0 Å². The molecule has 1 amide bonds. The van der Waals surface area contributed by atoms with Gasteiger partial charge in [-0.3, -0.25) is 4.90 Å². The molecule has 1 aromatic heterocycles. The summed E-state index contributed by atoms with van der Waals surface area (Å²) in [6.45, 7) is 13.3. The van der Waals surface area contributed by atoms with Crippen LogP contribution in [0.1, 0.15) is 68.8 Å². The number of amides is 1. The van der Waals surface area contributed by atoms with Gasteiger partial charge in [-0.15, -0.1) is 0 Å². The number of anilines is 1. The first-order chi connectivity index (χ1) is 21.6. The number of ether oxygens (including phenoxy) is 2. The highest BCUT2D eigenvalue weighted by Gasteiger charge is 2.31. The van der Waals surface area contributed by atoms with Gasteiger partial charge in [0.1, 0.15) is 18.0 Å². The molecule has 5 rings (SSSR count). The average molecular weight is 631 g/mol. The maximum Gasteiger partial charge on any atom is 0.410 e. The molecule has 9 nitrogen and oxygen atoms in total. The highest BCUT2D eigenvalue weighted by atomic mass is 35.5. The molecule has 45 heavy (non-hydrogen) atoms. The molecular weight excluding hydrogens is 588 g/mol. The Morgan fingerprint density at radius 3 is 2.51 bits per heavy atom. The quantitative estimate of drug-likeness (QED) is 0.280. The van der Waals surface area contributed by atoms with Gasteiger partial charge in [-0.25, -0.2) is 14.8 Å². The molecule has 0 saturated carbocycles. The average Bonchev–Trinajstić information content (AvgIpc) is 3.03. The summed E-state index contributed by atoms with van der Waals surface area (Å²) >= 11 is 6.24. The van der Waals surface area contributed by atoms with Crippen LogP contribution in [0.5, 0.6) is 5.75 Å². The van der Waals surface area contributed by atoms with E-state index in [4.69, 9.17) is 26.1 Å². The zero-order chi connectivity index (χ0) is 32.0. The molecule has 0 bridgehead atoms. The predicted molar refractivity (Wildman–Crippen MR) is 176 cm³/mol. The first kappa shape index (κ1) is 32.5. The number of carbonyl (C=O) groups is 1. The summed E-state index contributed by atoms with van der Waals surface area (Å²) in [5.74, 6) is 1.71. The minimum absolute atomic E-state index is 0.160. The van der Waals surface area contributed by atoms with Crippen molar-refractivity contribution in [1.29, 1.82) is 5.26 Å². The van der Waals surface area contributed by atoms with Gasteiger partial charge in [0.15, 0.2) is 0 Å². The summed E-state index contributed by atoms with van der Waals surface area (Å²) in [7, 11) is 0. The third-order valence-electron chi connectivity index (χ3n) is 8.38. The summed E-state index contributed by atoms with van der Waals surface area (Å²) in [5.41, 5.74) is 3.04. The molecule has 0 radical (unpaired) electrons. The molecule has 238 valence electrons. The van der Waals surface area contributed by atoms with Crippen molar-refractivity contribution in [2.45, 2.75) is 71.1 Å². The van der Waals surface area contributed by atoms with Crippen molar-refractivity contribution in [2.75, 3.05) is 44.2 Å².